The van der Waals surface area contributed by atoms with Crippen molar-refractivity contribution in [1.29, 1.82) is 0 Å². The highest BCUT2D eigenvalue weighted by molar-refractivity contribution is 6.19. The van der Waals surface area contributed by atoms with Gasteiger partial charge in [0.2, 0.25) is 0 Å². The van der Waals surface area contributed by atoms with Crippen molar-refractivity contribution in [2.75, 3.05) is 7.11 Å². The summed E-state index contributed by atoms with van der Waals surface area (Å²) >= 11 is 0. The highest BCUT2D eigenvalue weighted by atomic mass is 16.5. The van der Waals surface area contributed by atoms with Gasteiger partial charge in [0.1, 0.15) is 11.3 Å². The first-order valence-electron chi connectivity index (χ1n) is 8.76. The highest BCUT2D eigenvalue weighted by Gasteiger charge is 2.25. The van der Waals surface area contributed by atoms with Crippen LogP contribution in [0.3, 0.4) is 0 Å². The van der Waals surface area contributed by atoms with Crippen LogP contribution >= 0.6 is 0 Å². The van der Waals surface area contributed by atoms with E-state index in [1.54, 1.807) is 31.6 Å². The first kappa shape index (κ1) is 17.2. The van der Waals surface area contributed by atoms with E-state index in [0.29, 0.717) is 34.0 Å². The lowest BCUT2D eigenvalue weighted by molar-refractivity contribution is 0.103. The zero-order valence-electron chi connectivity index (χ0n) is 15.8. The maximum absolute atomic E-state index is 13.5. The Morgan fingerprint density at radius 3 is 2.56 bits per heavy atom. The number of aryl methyl sites for hydroxylation is 2. The Kier molecular flexibility index (Phi) is 4.11. The standard InChI is InChI=1S/C23H20O4/c1-13-7-8-17-20(10-13)27-23(18-6-5-9-26-18)21(17)22(24)16-11-14(2)15(3)19(12-16)25-4/h5-12H,1-4H3. The van der Waals surface area contributed by atoms with Crippen LogP contribution < -0.4 is 4.74 Å². The number of hydrogen-bond acceptors (Lipinski definition) is 4. The Balaban J connectivity index is 1.97. The van der Waals surface area contributed by atoms with Gasteiger partial charge in [0, 0.05) is 10.9 Å². The maximum atomic E-state index is 13.5. The van der Waals surface area contributed by atoms with E-state index in [4.69, 9.17) is 13.6 Å². The second-order valence-electron chi connectivity index (χ2n) is 6.73. The van der Waals surface area contributed by atoms with Crippen LogP contribution in [0.4, 0.5) is 0 Å². The second kappa shape index (κ2) is 6.47. The minimum Gasteiger partial charge on any atom is -0.496 e. The van der Waals surface area contributed by atoms with Crippen molar-refractivity contribution in [1.82, 2.24) is 0 Å². The zero-order chi connectivity index (χ0) is 19.1. The molecule has 4 rings (SSSR count). The fourth-order valence-corrected chi connectivity index (χ4v) is 3.32. The average molecular weight is 360 g/mol. The highest BCUT2D eigenvalue weighted by Crippen LogP contribution is 2.36. The van der Waals surface area contributed by atoms with E-state index in [9.17, 15) is 4.79 Å². The third-order valence-electron chi connectivity index (χ3n) is 4.92. The molecule has 4 aromatic rings. The SMILES string of the molecule is COc1cc(C(=O)c2c(-c3ccco3)oc3cc(C)ccc23)cc(C)c1C. The first-order valence-corrected chi connectivity index (χ1v) is 8.76. The number of carbonyl (C=O) groups excluding carboxylic acids is 1. The lowest BCUT2D eigenvalue weighted by atomic mass is 9.96. The summed E-state index contributed by atoms with van der Waals surface area (Å²) in [5.41, 5.74) is 4.82. The first-order chi connectivity index (χ1) is 13.0. The molecular weight excluding hydrogens is 340 g/mol. The molecular formula is C23H20O4. The molecule has 0 aliphatic rings. The van der Waals surface area contributed by atoms with Gasteiger partial charge >= 0.3 is 0 Å². The molecule has 0 spiro atoms. The van der Waals surface area contributed by atoms with Crippen LogP contribution in [0.15, 0.2) is 57.6 Å². The van der Waals surface area contributed by atoms with Gasteiger partial charge in [-0.2, -0.15) is 0 Å². The quantitative estimate of drug-likeness (QED) is 0.428. The fraction of sp³-hybridized carbons (Fsp3) is 0.174. The predicted octanol–water partition coefficient (Wildman–Crippen LogP) is 5.86. The van der Waals surface area contributed by atoms with Crippen molar-refractivity contribution in [2.24, 2.45) is 0 Å². The van der Waals surface area contributed by atoms with E-state index in [1.165, 1.54) is 0 Å². The molecule has 0 bridgehead atoms. The van der Waals surface area contributed by atoms with Crippen LogP contribution in [-0.2, 0) is 0 Å². The van der Waals surface area contributed by atoms with Gasteiger partial charge in [0.25, 0.3) is 0 Å². The number of hydrogen-bond donors (Lipinski definition) is 0. The van der Waals surface area contributed by atoms with Gasteiger partial charge in [-0.25, -0.2) is 0 Å². The number of ketones is 1. The summed E-state index contributed by atoms with van der Waals surface area (Å²) < 4.78 is 17.0. The Labute approximate surface area is 157 Å². The van der Waals surface area contributed by atoms with E-state index >= 15 is 0 Å². The molecule has 2 aromatic carbocycles. The minimum absolute atomic E-state index is 0.120. The molecule has 0 aliphatic heterocycles. The minimum atomic E-state index is -0.120. The summed E-state index contributed by atoms with van der Waals surface area (Å²) in [5, 5.41) is 0.772. The second-order valence-corrected chi connectivity index (χ2v) is 6.73. The van der Waals surface area contributed by atoms with E-state index in [1.807, 2.05) is 45.0 Å². The van der Waals surface area contributed by atoms with Gasteiger partial charge in [0.15, 0.2) is 17.3 Å². The summed E-state index contributed by atoms with van der Waals surface area (Å²) in [4.78, 5) is 13.5. The monoisotopic (exact) mass is 360 g/mol. The van der Waals surface area contributed by atoms with E-state index in [0.717, 1.165) is 22.1 Å². The number of fused-ring (bicyclic) bond motifs is 1. The molecule has 2 heterocycles. The largest absolute Gasteiger partial charge is 0.496 e. The number of carbonyl (C=O) groups is 1. The number of furan rings is 2. The molecule has 4 heteroatoms. The summed E-state index contributed by atoms with van der Waals surface area (Å²) in [7, 11) is 1.61. The molecule has 0 radical (unpaired) electrons. The molecule has 0 saturated heterocycles. The van der Waals surface area contributed by atoms with Crippen molar-refractivity contribution in [2.45, 2.75) is 20.8 Å². The van der Waals surface area contributed by atoms with E-state index in [-0.39, 0.29) is 5.78 Å². The molecule has 2 aromatic heterocycles. The zero-order valence-corrected chi connectivity index (χ0v) is 15.8. The van der Waals surface area contributed by atoms with Gasteiger partial charge in [-0.3, -0.25) is 4.79 Å². The third-order valence-corrected chi connectivity index (χ3v) is 4.92. The van der Waals surface area contributed by atoms with Gasteiger partial charge in [-0.15, -0.1) is 0 Å². The fourth-order valence-electron chi connectivity index (χ4n) is 3.32. The van der Waals surface area contributed by atoms with Gasteiger partial charge < -0.3 is 13.6 Å². The van der Waals surface area contributed by atoms with Crippen LogP contribution in [0.25, 0.3) is 22.5 Å². The van der Waals surface area contributed by atoms with Crippen molar-refractivity contribution in [3.8, 4) is 17.3 Å². The third kappa shape index (κ3) is 2.83. The molecule has 0 atom stereocenters. The predicted molar refractivity (Wildman–Crippen MR) is 105 cm³/mol. The van der Waals surface area contributed by atoms with Crippen LogP contribution in [-0.4, -0.2) is 12.9 Å². The molecule has 136 valence electrons. The molecule has 0 aliphatic carbocycles. The Morgan fingerprint density at radius 1 is 1.04 bits per heavy atom. The molecule has 0 amide bonds. The summed E-state index contributed by atoms with van der Waals surface area (Å²) in [6.45, 7) is 5.94. The summed E-state index contributed by atoms with van der Waals surface area (Å²) in [6.07, 6.45) is 1.57. The van der Waals surface area contributed by atoms with Crippen molar-refractivity contribution in [3.05, 3.63) is 76.5 Å². The normalized spacial score (nSPS) is 11.1. The van der Waals surface area contributed by atoms with Gasteiger partial charge in [-0.05, 0) is 67.8 Å². The van der Waals surface area contributed by atoms with Gasteiger partial charge in [0.05, 0.1) is 18.9 Å². The lowest BCUT2D eigenvalue weighted by Crippen LogP contribution is -2.04. The number of ether oxygens (including phenoxy) is 1. The van der Waals surface area contributed by atoms with E-state index in [2.05, 4.69) is 0 Å². The van der Waals surface area contributed by atoms with Crippen LogP contribution in [0, 0.1) is 20.8 Å². The van der Waals surface area contributed by atoms with Gasteiger partial charge in [-0.1, -0.05) is 12.1 Å². The molecule has 0 fully saturated rings. The number of benzene rings is 2. The number of methoxy groups -OCH3 is 1. The van der Waals surface area contributed by atoms with Crippen LogP contribution in [0.5, 0.6) is 5.75 Å². The van der Waals surface area contributed by atoms with Crippen molar-refractivity contribution in [3.63, 3.8) is 0 Å². The Morgan fingerprint density at radius 2 is 1.85 bits per heavy atom. The molecule has 0 saturated carbocycles. The number of rotatable bonds is 4. The van der Waals surface area contributed by atoms with Crippen LogP contribution in [0.2, 0.25) is 0 Å². The van der Waals surface area contributed by atoms with Crippen molar-refractivity contribution >= 4 is 16.8 Å². The Hall–Kier alpha value is -3.27. The van der Waals surface area contributed by atoms with Crippen molar-refractivity contribution < 1.29 is 18.4 Å². The maximum Gasteiger partial charge on any atom is 0.197 e. The summed E-state index contributed by atoms with van der Waals surface area (Å²) in [5.74, 6) is 1.55. The molecule has 27 heavy (non-hydrogen) atoms. The Bertz CT molecular complexity index is 1150. The van der Waals surface area contributed by atoms with Crippen LogP contribution in [0.1, 0.15) is 32.6 Å². The van der Waals surface area contributed by atoms with E-state index < -0.39 is 0 Å². The smallest absolute Gasteiger partial charge is 0.197 e. The molecule has 0 N–H and O–H groups in total. The molecule has 4 nitrogen and oxygen atoms in total. The summed E-state index contributed by atoms with van der Waals surface area (Å²) in [6, 6.07) is 13.1. The molecule has 0 unspecified atom stereocenters. The topological polar surface area (TPSA) is 52.6 Å². The average Bonchev–Trinajstić information content (AvgIpc) is 3.30. The lowest BCUT2D eigenvalue weighted by Gasteiger charge is -2.10.